The molecule has 14 heavy (non-hydrogen) atoms. The quantitative estimate of drug-likeness (QED) is 0.726. The van der Waals surface area contributed by atoms with Crippen LogP contribution in [0.3, 0.4) is 0 Å². The van der Waals surface area contributed by atoms with Crippen LogP contribution in [0.25, 0.3) is 0 Å². The van der Waals surface area contributed by atoms with Crippen LogP contribution in [-0.2, 0) is 0 Å². The lowest BCUT2D eigenvalue weighted by molar-refractivity contribution is 0.0390. The van der Waals surface area contributed by atoms with Crippen LogP contribution in [0.15, 0.2) is 0 Å². The van der Waals surface area contributed by atoms with E-state index in [0.29, 0.717) is 6.61 Å². The second kappa shape index (κ2) is 5.10. The van der Waals surface area contributed by atoms with Gasteiger partial charge in [-0.15, -0.1) is 0 Å². The molecule has 0 unspecified atom stereocenters. The Hall–Kier alpha value is -0.120. The van der Waals surface area contributed by atoms with Gasteiger partial charge in [0.15, 0.2) is 0 Å². The van der Waals surface area contributed by atoms with Crippen molar-refractivity contribution in [2.24, 2.45) is 0 Å². The van der Waals surface area contributed by atoms with E-state index >= 15 is 0 Å². The van der Waals surface area contributed by atoms with Gasteiger partial charge in [-0.1, -0.05) is 6.92 Å². The third kappa shape index (κ3) is 2.94. The molecule has 0 amide bonds. The zero-order valence-corrected chi connectivity index (χ0v) is 9.79. The van der Waals surface area contributed by atoms with Crippen LogP contribution in [0.2, 0.25) is 0 Å². The Morgan fingerprint density at radius 3 is 2.14 bits per heavy atom. The lowest BCUT2D eigenvalue weighted by atomic mass is 9.97. The van der Waals surface area contributed by atoms with E-state index in [1.165, 1.54) is 13.1 Å². The molecule has 0 aromatic heterocycles. The fourth-order valence-electron chi connectivity index (χ4n) is 2.10. The van der Waals surface area contributed by atoms with Crippen molar-refractivity contribution < 1.29 is 5.11 Å². The molecule has 0 bridgehead atoms. The number of hydrogen-bond donors (Lipinski definition) is 1. The molecule has 0 spiro atoms. The van der Waals surface area contributed by atoms with Gasteiger partial charge in [0.2, 0.25) is 0 Å². The molecule has 1 saturated heterocycles. The van der Waals surface area contributed by atoms with Crippen molar-refractivity contribution in [3.05, 3.63) is 0 Å². The second-order valence-corrected chi connectivity index (χ2v) is 4.71. The monoisotopic (exact) mass is 200 g/mol. The molecule has 1 rings (SSSR count). The third-order valence-corrected chi connectivity index (χ3v) is 3.40. The molecule has 1 aliphatic rings. The molecule has 0 saturated carbocycles. The molecule has 84 valence electrons. The van der Waals surface area contributed by atoms with Crippen LogP contribution in [0, 0.1) is 0 Å². The van der Waals surface area contributed by atoms with Crippen molar-refractivity contribution in [1.29, 1.82) is 0 Å². The zero-order valence-electron chi connectivity index (χ0n) is 9.79. The number of likely N-dealkylation sites (N-methyl/N-ethyl adjacent to an activating group) is 1. The number of piperazine rings is 1. The maximum Gasteiger partial charge on any atom is 0.0448 e. The molecule has 1 N–H and O–H groups in total. The standard InChI is InChI=1S/C11H24N2O/c1-4-12-6-8-13(9-7-12)11(2,3)5-10-14/h14H,4-10H2,1-3H3. The smallest absolute Gasteiger partial charge is 0.0448 e. The minimum atomic E-state index is 0.161. The summed E-state index contributed by atoms with van der Waals surface area (Å²) in [4.78, 5) is 4.97. The molecule has 0 aromatic carbocycles. The van der Waals surface area contributed by atoms with Crippen molar-refractivity contribution in [2.75, 3.05) is 39.3 Å². The highest BCUT2D eigenvalue weighted by molar-refractivity contribution is 4.85. The normalized spacial score (nSPS) is 21.4. The molecule has 0 aromatic rings. The highest BCUT2D eigenvalue weighted by Crippen LogP contribution is 2.20. The van der Waals surface area contributed by atoms with Crippen molar-refractivity contribution in [3.8, 4) is 0 Å². The molecule has 1 heterocycles. The summed E-state index contributed by atoms with van der Waals surface area (Å²) in [6, 6.07) is 0. The van der Waals surface area contributed by atoms with Gasteiger partial charge in [-0.3, -0.25) is 4.90 Å². The maximum atomic E-state index is 8.99. The summed E-state index contributed by atoms with van der Waals surface area (Å²) >= 11 is 0. The summed E-state index contributed by atoms with van der Waals surface area (Å²) in [5.74, 6) is 0. The SMILES string of the molecule is CCN1CCN(C(C)(C)CCO)CC1. The number of aliphatic hydroxyl groups excluding tert-OH is 1. The average Bonchev–Trinajstić information content (AvgIpc) is 2.18. The van der Waals surface area contributed by atoms with E-state index in [1.54, 1.807) is 0 Å². The molecule has 3 heteroatoms. The van der Waals surface area contributed by atoms with Gasteiger partial charge < -0.3 is 10.0 Å². The van der Waals surface area contributed by atoms with Gasteiger partial charge in [-0.2, -0.15) is 0 Å². The first-order chi connectivity index (χ1) is 6.60. The van der Waals surface area contributed by atoms with Gasteiger partial charge in [0, 0.05) is 38.3 Å². The van der Waals surface area contributed by atoms with Gasteiger partial charge >= 0.3 is 0 Å². The number of rotatable bonds is 4. The second-order valence-electron chi connectivity index (χ2n) is 4.71. The van der Waals surface area contributed by atoms with Crippen LogP contribution in [0.5, 0.6) is 0 Å². The highest BCUT2D eigenvalue weighted by atomic mass is 16.3. The summed E-state index contributed by atoms with van der Waals surface area (Å²) in [6.45, 7) is 12.7. The minimum Gasteiger partial charge on any atom is -0.396 e. The summed E-state index contributed by atoms with van der Waals surface area (Å²) < 4.78 is 0. The Morgan fingerprint density at radius 1 is 1.14 bits per heavy atom. The topological polar surface area (TPSA) is 26.7 Å². The molecule has 0 radical (unpaired) electrons. The van der Waals surface area contributed by atoms with E-state index in [2.05, 4.69) is 30.6 Å². The predicted octanol–water partition coefficient (Wildman–Crippen LogP) is 0.785. The van der Waals surface area contributed by atoms with E-state index in [9.17, 15) is 0 Å². The summed E-state index contributed by atoms with van der Waals surface area (Å²) in [6.07, 6.45) is 0.874. The Kier molecular flexibility index (Phi) is 4.35. The molecule has 3 nitrogen and oxygen atoms in total. The molecular formula is C11H24N2O. The molecule has 1 fully saturated rings. The average molecular weight is 200 g/mol. The van der Waals surface area contributed by atoms with E-state index in [-0.39, 0.29) is 5.54 Å². The van der Waals surface area contributed by atoms with Gasteiger partial charge in [0.1, 0.15) is 0 Å². The van der Waals surface area contributed by atoms with Gasteiger partial charge in [-0.25, -0.2) is 0 Å². The highest BCUT2D eigenvalue weighted by Gasteiger charge is 2.28. The number of nitrogens with zero attached hydrogens (tertiary/aromatic N) is 2. The summed E-state index contributed by atoms with van der Waals surface area (Å²) in [7, 11) is 0. The number of hydrogen-bond acceptors (Lipinski definition) is 3. The Bertz CT molecular complexity index is 163. The summed E-state index contributed by atoms with van der Waals surface area (Å²) in [5.41, 5.74) is 0.161. The van der Waals surface area contributed by atoms with E-state index in [4.69, 9.17) is 5.11 Å². The zero-order chi connectivity index (χ0) is 10.6. The Balaban J connectivity index is 2.40. The van der Waals surface area contributed by atoms with Crippen LogP contribution >= 0.6 is 0 Å². The minimum absolute atomic E-state index is 0.161. The first-order valence-electron chi connectivity index (χ1n) is 5.68. The van der Waals surface area contributed by atoms with E-state index in [1.807, 2.05) is 0 Å². The number of aliphatic hydroxyl groups is 1. The summed E-state index contributed by atoms with van der Waals surface area (Å²) in [5, 5.41) is 8.99. The lowest BCUT2D eigenvalue weighted by Crippen LogP contribution is -2.54. The first-order valence-corrected chi connectivity index (χ1v) is 5.68. The van der Waals surface area contributed by atoms with Crippen molar-refractivity contribution in [2.45, 2.75) is 32.7 Å². The van der Waals surface area contributed by atoms with E-state index in [0.717, 1.165) is 26.1 Å². The Morgan fingerprint density at radius 2 is 1.71 bits per heavy atom. The molecule has 1 aliphatic heterocycles. The van der Waals surface area contributed by atoms with E-state index < -0.39 is 0 Å². The first kappa shape index (κ1) is 12.0. The van der Waals surface area contributed by atoms with Gasteiger partial charge in [0.05, 0.1) is 0 Å². The third-order valence-electron chi connectivity index (χ3n) is 3.40. The molecule has 0 atom stereocenters. The predicted molar refractivity (Wildman–Crippen MR) is 59.5 cm³/mol. The van der Waals surface area contributed by atoms with Crippen LogP contribution < -0.4 is 0 Å². The fraction of sp³-hybridized carbons (Fsp3) is 1.00. The van der Waals surface area contributed by atoms with Crippen LogP contribution in [-0.4, -0.2) is 59.8 Å². The van der Waals surface area contributed by atoms with Crippen LogP contribution in [0.4, 0.5) is 0 Å². The van der Waals surface area contributed by atoms with Crippen molar-refractivity contribution in [3.63, 3.8) is 0 Å². The van der Waals surface area contributed by atoms with Gasteiger partial charge in [0.25, 0.3) is 0 Å². The van der Waals surface area contributed by atoms with Crippen molar-refractivity contribution in [1.82, 2.24) is 9.80 Å². The maximum absolute atomic E-state index is 8.99. The van der Waals surface area contributed by atoms with Crippen molar-refractivity contribution >= 4 is 0 Å². The molecule has 0 aliphatic carbocycles. The van der Waals surface area contributed by atoms with Gasteiger partial charge in [-0.05, 0) is 26.8 Å². The lowest BCUT2D eigenvalue weighted by Gasteiger charge is -2.43. The Labute approximate surface area is 87.7 Å². The largest absolute Gasteiger partial charge is 0.396 e. The van der Waals surface area contributed by atoms with Crippen LogP contribution in [0.1, 0.15) is 27.2 Å². The fourth-order valence-corrected chi connectivity index (χ4v) is 2.10. The molecular weight excluding hydrogens is 176 g/mol.